The first-order valence-corrected chi connectivity index (χ1v) is 13.6. The van der Waals surface area contributed by atoms with Crippen molar-refractivity contribution in [2.45, 2.75) is 63.2 Å². The summed E-state index contributed by atoms with van der Waals surface area (Å²) in [4.78, 5) is 28.7. The van der Waals surface area contributed by atoms with Crippen molar-refractivity contribution in [2.24, 2.45) is 0 Å². The fourth-order valence-corrected chi connectivity index (χ4v) is 6.48. The average molecular weight is 492 g/mol. The summed E-state index contributed by atoms with van der Waals surface area (Å²) in [6.45, 7) is 4.65. The molecule has 6 nitrogen and oxygen atoms in total. The van der Waals surface area contributed by atoms with Gasteiger partial charge in [-0.25, -0.2) is 0 Å². The van der Waals surface area contributed by atoms with Gasteiger partial charge in [0, 0.05) is 47.8 Å². The largest absolute Gasteiger partial charge is 0.379 e. The van der Waals surface area contributed by atoms with Gasteiger partial charge >= 0.3 is 10.1 Å². The molecular weight excluding hydrogens is 462 g/mol. The van der Waals surface area contributed by atoms with Crippen molar-refractivity contribution in [3.8, 4) is 5.75 Å². The lowest BCUT2D eigenvalue weighted by Gasteiger charge is -2.43. The molecule has 35 heavy (non-hydrogen) atoms. The van der Waals surface area contributed by atoms with E-state index in [4.69, 9.17) is 4.18 Å². The van der Waals surface area contributed by atoms with Crippen LogP contribution in [0.2, 0.25) is 0 Å². The van der Waals surface area contributed by atoms with E-state index in [9.17, 15) is 18.0 Å². The van der Waals surface area contributed by atoms with Crippen LogP contribution < -0.4 is 4.18 Å². The fraction of sp³-hybridized carbons (Fsp3) is 0.357. The summed E-state index contributed by atoms with van der Waals surface area (Å²) in [5.74, 6) is -0.192. The molecule has 3 aliphatic rings. The van der Waals surface area contributed by atoms with Crippen LogP contribution in [0.25, 0.3) is 0 Å². The number of nitrogens with zero attached hydrogens (tertiary/aromatic N) is 1. The number of Topliss-reactive ketones (excluding diaryl/α,β-unsaturated/α-hetero) is 2. The van der Waals surface area contributed by atoms with Crippen molar-refractivity contribution in [1.29, 1.82) is 0 Å². The molecule has 0 amide bonds. The second-order valence-electron chi connectivity index (χ2n) is 9.37. The molecule has 7 heteroatoms. The number of carbonyl (C=O) groups is 2. The van der Waals surface area contributed by atoms with Gasteiger partial charge in [-0.3, -0.25) is 9.59 Å². The minimum Gasteiger partial charge on any atom is -0.379 e. The van der Waals surface area contributed by atoms with Gasteiger partial charge in [0.15, 0.2) is 11.6 Å². The molecule has 0 fully saturated rings. The molecule has 0 unspecified atom stereocenters. The zero-order valence-corrected chi connectivity index (χ0v) is 20.9. The lowest BCUT2D eigenvalue weighted by molar-refractivity contribution is -0.117. The van der Waals surface area contributed by atoms with E-state index in [0.29, 0.717) is 36.1 Å². The van der Waals surface area contributed by atoms with Crippen LogP contribution in [0.4, 0.5) is 0 Å². The molecular formula is C28H29NO5S. The number of ketones is 2. The van der Waals surface area contributed by atoms with Crippen LogP contribution in [-0.4, -0.2) is 31.4 Å². The van der Waals surface area contributed by atoms with Gasteiger partial charge in [-0.1, -0.05) is 29.8 Å². The lowest BCUT2D eigenvalue weighted by Crippen LogP contribution is -2.39. The van der Waals surface area contributed by atoms with Crippen molar-refractivity contribution in [1.82, 2.24) is 4.90 Å². The van der Waals surface area contributed by atoms with E-state index in [1.54, 1.807) is 30.3 Å². The second kappa shape index (κ2) is 9.11. The smallest absolute Gasteiger partial charge is 0.339 e. The second-order valence-corrected chi connectivity index (χ2v) is 10.9. The van der Waals surface area contributed by atoms with Gasteiger partial charge in [-0.15, -0.1) is 0 Å². The number of rotatable bonds is 5. The monoisotopic (exact) mass is 491 g/mol. The van der Waals surface area contributed by atoms with Crippen LogP contribution >= 0.6 is 0 Å². The Hall–Kier alpha value is -3.19. The van der Waals surface area contributed by atoms with Gasteiger partial charge in [-0.05, 0) is 69.4 Å². The fourth-order valence-electron chi connectivity index (χ4n) is 5.56. The summed E-state index contributed by atoms with van der Waals surface area (Å²) < 4.78 is 31.3. The van der Waals surface area contributed by atoms with Gasteiger partial charge in [0.2, 0.25) is 0 Å². The van der Waals surface area contributed by atoms with Crippen molar-refractivity contribution >= 4 is 21.7 Å². The highest BCUT2D eigenvalue weighted by atomic mass is 32.2. The third-order valence-electron chi connectivity index (χ3n) is 7.11. The maximum absolute atomic E-state index is 13.2. The predicted molar refractivity (Wildman–Crippen MR) is 132 cm³/mol. The Balaban J connectivity index is 1.59. The third-order valence-corrected chi connectivity index (χ3v) is 8.37. The lowest BCUT2D eigenvalue weighted by atomic mass is 9.71. The number of carbonyl (C=O) groups excluding carboxylic acids is 2. The highest BCUT2D eigenvalue weighted by Crippen LogP contribution is 2.49. The number of allylic oxidation sites excluding steroid dienone is 4. The van der Waals surface area contributed by atoms with Gasteiger partial charge in [-0.2, -0.15) is 8.42 Å². The summed E-state index contributed by atoms with van der Waals surface area (Å²) in [6, 6.07) is 13.3. The standard InChI is InChI=1S/C28H29NO5S/c1-3-29-22-9-5-11-24(30)27(22)26(28-23(29)10-6-12-25(28)31)19-7-4-8-20(17-19)34-35(32,33)21-15-13-18(2)14-16-21/h4,7-8,13-17,26H,3,5-6,9-12H2,1-2H3. The molecule has 0 saturated heterocycles. The number of aryl methyl sites for hydroxylation is 1. The Morgan fingerprint density at radius 1 is 0.886 bits per heavy atom. The SMILES string of the molecule is CCN1C2=C(C(=O)CCC2)C(c2cccc(OS(=O)(=O)c3ccc(C)cc3)c2)C2=C1CCCC2=O. The van der Waals surface area contributed by atoms with Gasteiger partial charge < -0.3 is 9.08 Å². The van der Waals surface area contributed by atoms with E-state index in [1.165, 1.54) is 12.1 Å². The van der Waals surface area contributed by atoms with Crippen molar-refractivity contribution in [3.05, 3.63) is 82.2 Å². The Bertz CT molecular complexity index is 1320. The maximum atomic E-state index is 13.2. The van der Waals surface area contributed by atoms with Crippen LogP contribution in [0, 0.1) is 6.92 Å². The first-order chi connectivity index (χ1) is 16.8. The summed E-state index contributed by atoms with van der Waals surface area (Å²) in [7, 11) is -4.02. The van der Waals surface area contributed by atoms with E-state index in [1.807, 2.05) is 13.0 Å². The Morgan fingerprint density at radius 3 is 2.06 bits per heavy atom. The molecule has 1 aliphatic heterocycles. The molecule has 2 aliphatic carbocycles. The molecule has 5 rings (SSSR count). The Morgan fingerprint density at radius 2 is 1.49 bits per heavy atom. The van der Waals surface area contributed by atoms with Gasteiger partial charge in [0.1, 0.15) is 10.6 Å². The summed E-state index contributed by atoms with van der Waals surface area (Å²) >= 11 is 0. The van der Waals surface area contributed by atoms with Crippen molar-refractivity contribution < 1.29 is 22.2 Å². The van der Waals surface area contributed by atoms with Crippen LogP contribution in [-0.2, 0) is 19.7 Å². The van der Waals surface area contributed by atoms with E-state index >= 15 is 0 Å². The minimum absolute atomic E-state index is 0.0678. The summed E-state index contributed by atoms with van der Waals surface area (Å²) in [5, 5.41) is 0. The zero-order valence-electron chi connectivity index (χ0n) is 20.0. The molecule has 182 valence electrons. The van der Waals surface area contributed by atoms with E-state index < -0.39 is 16.0 Å². The topological polar surface area (TPSA) is 80.8 Å². The molecule has 0 spiro atoms. The molecule has 0 bridgehead atoms. The van der Waals surface area contributed by atoms with Crippen LogP contribution in [0.5, 0.6) is 5.75 Å². The molecule has 0 atom stereocenters. The molecule has 2 aromatic carbocycles. The van der Waals surface area contributed by atoms with Crippen LogP contribution in [0.3, 0.4) is 0 Å². The van der Waals surface area contributed by atoms with Gasteiger partial charge in [0.25, 0.3) is 0 Å². The molecule has 0 aromatic heterocycles. The van der Waals surface area contributed by atoms with Crippen molar-refractivity contribution in [2.75, 3.05) is 6.54 Å². The summed E-state index contributed by atoms with van der Waals surface area (Å²) in [6.07, 6.45) is 4.12. The molecule has 0 N–H and O–H groups in total. The Kier molecular flexibility index (Phi) is 6.13. The first-order valence-electron chi connectivity index (χ1n) is 12.2. The molecule has 0 radical (unpaired) electrons. The zero-order chi connectivity index (χ0) is 24.7. The number of hydrogen-bond donors (Lipinski definition) is 0. The molecule has 1 heterocycles. The van der Waals surface area contributed by atoms with E-state index in [2.05, 4.69) is 11.8 Å². The highest BCUT2D eigenvalue weighted by Gasteiger charge is 2.42. The summed E-state index contributed by atoms with van der Waals surface area (Å²) in [5.41, 5.74) is 5.06. The normalized spacial score (nSPS) is 19.1. The first kappa shape index (κ1) is 23.5. The minimum atomic E-state index is -4.02. The van der Waals surface area contributed by atoms with Crippen LogP contribution in [0.15, 0.2) is 76.0 Å². The van der Waals surface area contributed by atoms with Gasteiger partial charge in [0.05, 0.1) is 0 Å². The highest BCUT2D eigenvalue weighted by molar-refractivity contribution is 7.87. The average Bonchev–Trinajstić information content (AvgIpc) is 2.83. The number of hydrogen-bond acceptors (Lipinski definition) is 6. The molecule has 0 saturated carbocycles. The Labute approximate surface area is 206 Å². The van der Waals surface area contributed by atoms with E-state index in [-0.39, 0.29) is 22.2 Å². The van der Waals surface area contributed by atoms with Crippen LogP contribution in [0.1, 0.15) is 62.5 Å². The maximum Gasteiger partial charge on any atom is 0.339 e. The predicted octanol–water partition coefficient (Wildman–Crippen LogP) is 5.20. The van der Waals surface area contributed by atoms with E-state index in [0.717, 1.165) is 42.6 Å². The third kappa shape index (κ3) is 4.22. The van der Waals surface area contributed by atoms with Crippen molar-refractivity contribution in [3.63, 3.8) is 0 Å². The quantitative estimate of drug-likeness (QED) is 0.535. The number of benzene rings is 2. The molecule has 2 aromatic rings.